The number of ether oxygens (including phenoxy) is 2. The number of fused-ring (bicyclic) bond motifs is 2. The molecule has 3 aliphatic rings. The minimum absolute atomic E-state index is 0.102. The van der Waals surface area contributed by atoms with Crippen molar-refractivity contribution in [2.24, 2.45) is 5.92 Å². The van der Waals surface area contributed by atoms with Gasteiger partial charge in [0, 0.05) is 35.4 Å². The molecule has 150 valence electrons. The number of rotatable bonds is 3. The minimum atomic E-state index is -0.445. The highest BCUT2D eigenvalue weighted by Gasteiger charge is 2.37. The van der Waals surface area contributed by atoms with Gasteiger partial charge in [-0.15, -0.1) is 11.8 Å². The van der Waals surface area contributed by atoms with Crippen molar-refractivity contribution >= 4 is 29.3 Å². The van der Waals surface area contributed by atoms with Gasteiger partial charge in [-0.3, -0.25) is 9.59 Å². The van der Waals surface area contributed by atoms with Crippen LogP contribution in [0.25, 0.3) is 0 Å². The van der Waals surface area contributed by atoms with Crippen LogP contribution in [0.1, 0.15) is 24.4 Å². The van der Waals surface area contributed by atoms with E-state index < -0.39 is 5.92 Å². The fourth-order valence-corrected chi connectivity index (χ4v) is 5.10. The number of halogens is 1. The van der Waals surface area contributed by atoms with Crippen molar-refractivity contribution in [3.8, 4) is 11.5 Å². The summed E-state index contributed by atoms with van der Waals surface area (Å²) in [4.78, 5) is 28.0. The van der Waals surface area contributed by atoms with Crippen molar-refractivity contribution in [2.45, 2.75) is 23.8 Å². The Hall–Kier alpha value is -2.74. The van der Waals surface area contributed by atoms with Gasteiger partial charge in [-0.2, -0.15) is 0 Å². The van der Waals surface area contributed by atoms with Crippen LogP contribution >= 0.6 is 11.8 Å². The van der Waals surface area contributed by atoms with Gasteiger partial charge in [0.1, 0.15) is 5.82 Å². The van der Waals surface area contributed by atoms with Crippen LogP contribution in [0.15, 0.2) is 41.3 Å². The highest BCUT2D eigenvalue weighted by Crippen LogP contribution is 2.38. The molecular weight excluding hydrogens is 395 g/mol. The Morgan fingerprint density at radius 1 is 1.17 bits per heavy atom. The topological polar surface area (TPSA) is 67.9 Å². The number of hydrogen-bond donors (Lipinski definition) is 1. The van der Waals surface area contributed by atoms with Gasteiger partial charge in [-0.1, -0.05) is 0 Å². The van der Waals surface area contributed by atoms with E-state index >= 15 is 0 Å². The van der Waals surface area contributed by atoms with Gasteiger partial charge in [0.15, 0.2) is 11.5 Å². The number of hydrogen-bond acceptors (Lipinski definition) is 5. The van der Waals surface area contributed by atoms with E-state index in [2.05, 4.69) is 5.32 Å². The fourth-order valence-electron chi connectivity index (χ4n) is 3.99. The standard InChI is InChI=1S/C21H19FN2O4S/c22-13-1-4-19-15(8-13)16(5-6-29-19)23-21(26)12-7-20(25)24(10-12)14-2-3-17-18(9-14)28-11-27-17/h1-4,8-9,12,16H,5-7,10-11H2,(H,23,26)/t12-,16+/m1/s1. The lowest BCUT2D eigenvalue weighted by Crippen LogP contribution is -2.36. The molecule has 1 N–H and O–H groups in total. The van der Waals surface area contributed by atoms with Crippen molar-refractivity contribution in [2.75, 3.05) is 24.0 Å². The second kappa shape index (κ2) is 7.26. The third kappa shape index (κ3) is 3.42. The first-order chi connectivity index (χ1) is 14.1. The van der Waals surface area contributed by atoms with E-state index in [1.165, 1.54) is 12.1 Å². The highest BCUT2D eigenvalue weighted by molar-refractivity contribution is 7.99. The SMILES string of the molecule is O=C(N[C@H]1CCSc2ccc(F)cc21)[C@@H]1CC(=O)N(c2ccc3c(c2)OCO3)C1. The molecule has 2 atom stereocenters. The molecule has 1 saturated heterocycles. The average Bonchev–Trinajstić information content (AvgIpc) is 3.34. The summed E-state index contributed by atoms with van der Waals surface area (Å²) in [5.74, 6) is 1.08. The number of nitrogens with one attached hydrogen (secondary N) is 1. The number of anilines is 1. The molecular formula is C21H19FN2O4S. The first-order valence-corrected chi connectivity index (χ1v) is 10.5. The molecule has 5 rings (SSSR count). The number of benzene rings is 2. The molecule has 0 unspecified atom stereocenters. The lowest BCUT2D eigenvalue weighted by Gasteiger charge is -2.27. The minimum Gasteiger partial charge on any atom is -0.454 e. The zero-order valence-electron chi connectivity index (χ0n) is 15.5. The molecule has 0 spiro atoms. The number of thioether (sulfide) groups is 1. The van der Waals surface area contributed by atoms with E-state index in [0.717, 1.165) is 22.6 Å². The molecule has 0 bridgehead atoms. The molecule has 0 saturated carbocycles. The smallest absolute Gasteiger partial charge is 0.231 e. The third-order valence-corrected chi connectivity index (χ3v) is 6.61. The lowest BCUT2D eigenvalue weighted by atomic mass is 10.0. The van der Waals surface area contributed by atoms with Crippen LogP contribution in [-0.2, 0) is 9.59 Å². The average molecular weight is 414 g/mol. The molecule has 3 heterocycles. The monoisotopic (exact) mass is 414 g/mol. The Bertz CT molecular complexity index is 999. The van der Waals surface area contributed by atoms with Crippen LogP contribution in [0.4, 0.5) is 10.1 Å². The molecule has 8 heteroatoms. The highest BCUT2D eigenvalue weighted by atomic mass is 32.2. The van der Waals surface area contributed by atoms with Gasteiger partial charge < -0.3 is 19.7 Å². The molecule has 0 aliphatic carbocycles. The van der Waals surface area contributed by atoms with E-state index in [0.29, 0.717) is 23.7 Å². The maximum Gasteiger partial charge on any atom is 0.231 e. The summed E-state index contributed by atoms with van der Waals surface area (Å²) in [5, 5.41) is 3.04. The quantitative estimate of drug-likeness (QED) is 0.835. The predicted molar refractivity (Wildman–Crippen MR) is 106 cm³/mol. The third-order valence-electron chi connectivity index (χ3n) is 5.49. The van der Waals surface area contributed by atoms with Gasteiger partial charge in [0.2, 0.25) is 18.6 Å². The summed E-state index contributed by atoms with van der Waals surface area (Å²) in [6, 6.07) is 9.78. The first-order valence-electron chi connectivity index (χ1n) is 9.51. The Morgan fingerprint density at radius 2 is 2.03 bits per heavy atom. The molecule has 6 nitrogen and oxygen atoms in total. The normalized spacial score (nSPS) is 22.5. The predicted octanol–water partition coefficient (Wildman–Crippen LogP) is 3.26. The number of carbonyl (C=O) groups is 2. The van der Waals surface area contributed by atoms with E-state index in [4.69, 9.17) is 9.47 Å². The molecule has 29 heavy (non-hydrogen) atoms. The molecule has 2 aromatic rings. The van der Waals surface area contributed by atoms with Crippen LogP contribution in [0.5, 0.6) is 11.5 Å². The van der Waals surface area contributed by atoms with Crippen LogP contribution in [0.3, 0.4) is 0 Å². The largest absolute Gasteiger partial charge is 0.454 e. The maximum atomic E-state index is 13.7. The van der Waals surface area contributed by atoms with Gasteiger partial charge in [0.05, 0.1) is 12.0 Å². The Balaban J connectivity index is 1.30. The van der Waals surface area contributed by atoms with E-state index in [9.17, 15) is 14.0 Å². The van der Waals surface area contributed by atoms with Crippen LogP contribution in [-0.4, -0.2) is 30.9 Å². The van der Waals surface area contributed by atoms with E-state index in [-0.39, 0.29) is 36.9 Å². The number of amides is 2. The van der Waals surface area contributed by atoms with Gasteiger partial charge in [-0.25, -0.2) is 4.39 Å². The summed E-state index contributed by atoms with van der Waals surface area (Å²) in [5.41, 5.74) is 1.50. The fraction of sp³-hybridized carbons (Fsp3) is 0.333. The molecule has 2 amide bonds. The zero-order chi connectivity index (χ0) is 20.0. The number of carbonyl (C=O) groups excluding carboxylic acids is 2. The summed E-state index contributed by atoms with van der Waals surface area (Å²) in [7, 11) is 0. The second-order valence-electron chi connectivity index (χ2n) is 7.32. The Morgan fingerprint density at radius 3 is 2.93 bits per heavy atom. The van der Waals surface area contributed by atoms with E-state index in [1.54, 1.807) is 40.9 Å². The van der Waals surface area contributed by atoms with Gasteiger partial charge in [0.25, 0.3) is 0 Å². The molecule has 0 aromatic heterocycles. The molecule has 0 radical (unpaired) electrons. The molecule has 1 fully saturated rings. The summed E-state index contributed by atoms with van der Waals surface area (Å²) in [6.07, 6.45) is 0.886. The van der Waals surface area contributed by atoms with E-state index in [1.807, 2.05) is 0 Å². The van der Waals surface area contributed by atoms with Crippen molar-refractivity contribution < 1.29 is 23.5 Å². The van der Waals surface area contributed by atoms with Crippen molar-refractivity contribution in [3.63, 3.8) is 0 Å². The second-order valence-corrected chi connectivity index (χ2v) is 8.46. The van der Waals surface area contributed by atoms with Crippen LogP contribution in [0, 0.1) is 11.7 Å². The Labute approximate surface area is 171 Å². The van der Waals surface area contributed by atoms with Crippen molar-refractivity contribution in [3.05, 3.63) is 47.8 Å². The molecule has 2 aromatic carbocycles. The van der Waals surface area contributed by atoms with Crippen molar-refractivity contribution in [1.29, 1.82) is 0 Å². The zero-order valence-corrected chi connectivity index (χ0v) is 16.3. The van der Waals surface area contributed by atoms with Gasteiger partial charge in [-0.05, 0) is 42.3 Å². The summed E-state index contributed by atoms with van der Waals surface area (Å²) >= 11 is 1.67. The summed E-state index contributed by atoms with van der Waals surface area (Å²) < 4.78 is 24.4. The van der Waals surface area contributed by atoms with Gasteiger partial charge >= 0.3 is 0 Å². The lowest BCUT2D eigenvalue weighted by molar-refractivity contribution is -0.127. The maximum absolute atomic E-state index is 13.7. The van der Waals surface area contributed by atoms with Crippen LogP contribution in [0.2, 0.25) is 0 Å². The van der Waals surface area contributed by atoms with Crippen LogP contribution < -0.4 is 19.7 Å². The summed E-state index contributed by atoms with van der Waals surface area (Å²) in [6.45, 7) is 0.474. The number of nitrogens with zero attached hydrogens (tertiary/aromatic N) is 1. The molecule has 3 aliphatic heterocycles. The van der Waals surface area contributed by atoms with Crippen molar-refractivity contribution in [1.82, 2.24) is 5.32 Å². The first kappa shape index (κ1) is 18.3. The Kier molecular flexibility index (Phi) is 4.58.